The summed E-state index contributed by atoms with van der Waals surface area (Å²) in [5, 5.41) is 12.1. The second-order valence-electron chi connectivity index (χ2n) is 6.66. The lowest BCUT2D eigenvalue weighted by atomic mass is 10.1. The molecule has 4 rings (SSSR count). The zero-order valence-electron chi connectivity index (χ0n) is 14.2. The van der Waals surface area contributed by atoms with Gasteiger partial charge in [0.05, 0.1) is 13.2 Å². The van der Waals surface area contributed by atoms with Gasteiger partial charge in [-0.3, -0.25) is 0 Å². The first-order valence-electron chi connectivity index (χ1n) is 8.83. The Bertz CT molecular complexity index is 675. The maximum absolute atomic E-state index is 5.42. The summed E-state index contributed by atoms with van der Waals surface area (Å²) in [6.07, 6.45) is 2.14. The van der Waals surface area contributed by atoms with E-state index in [1.165, 1.54) is 11.3 Å². The molecule has 0 saturated carbocycles. The van der Waals surface area contributed by atoms with Crippen molar-refractivity contribution < 1.29 is 4.74 Å². The summed E-state index contributed by atoms with van der Waals surface area (Å²) in [4.78, 5) is 2.39. The van der Waals surface area contributed by atoms with Gasteiger partial charge >= 0.3 is 0 Å². The Morgan fingerprint density at radius 2 is 1.96 bits per heavy atom. The van der Waals surface area contributed by atoms with Crippen LogP contribution in [0.2, 0.25) is 0 Å². The van der Waals surface area contributed by atoms with Crippen molar-refractivity contribution in [2.45, 2.75) is 38.9 Å². The van der Waals surface area contributed by atoms with Crippen molar-refractivity contribution >= 4 is 5.69 Å². The first-order valence-corrected chi connectivity index (χ1v) is 8.83. The molecule has 2 aliphatic rings. The Hall–Kier alpha value is -1.92. The van der Waals surface area contributed by atoms with E-state index < -0.39 is 0 Å². The van der Waals surface area contributed by atoms with Crippen LogP contribution in [0, 0.1) is 6.92 Å². The average Bonchev–Trinajstić information content (AvgIpc) is 3.02. The van der Waals surface area contributed by atoms with E-state index in [9.17, 15) is 0 Å². The van der Waals surface area contributed by atoms with E-state index in [1.54, 1.807) is 0 Å². The van der Waals surface area contributed by atoms with Gasteiger partial charge in [0.2, 0.25) is 0 Å². The van der Waals surface area contributed by atoms with Crippen LogP contribution >= 0.6 is 0 Å². The van der Waals surface area contributed by atoms with E-state index in [2.05, 4.69) is 49.2 Å². The van der Waals surface area contributed by atoms with Crippen LogP contribution < -0.4 is 10.2 Å². The van der Waals surface area contributed by atoms with Crippen LogP contribution in [0.3, 0.4) is 0 Å². The molecule has 2 aromatic rings. The van der Waals surface area contributed by atoms with Gasteiger partial charge in [0.15, 0.2) is 0 Å². The van der Waals surface area contributed by atoms with Crippen LogP contribution in [-0.2, 0) is 24.2 Å². The molecule has 0 amide bonds. The van der Waals surface area contributed by atoms with E-state index in [1.807, 2.05) is 6.92 Å². The van der Waals surface area contributed by atoms with E-state index in [0.717, 1.165) is 63.9 Å². The Labute approximate surface area is 142 Å². The summed E-state index contributed by atoms with van der Waals surface area (Å²) < 4.78 is 7.65. The Morgan fingerprint density at radius 3 is 2.75 bits per heavy atom. The minimum atomic E-state index is 0.492. The standard InChI is InChI=1S/C18H25N5O/c1-14-20-21-18-7-4-16(13-23(14)18)19-12-15-2-5-17(6-3-15)22-8-10-24-11-9-22/h2-3,5-6,16,19H,4,7-13H2,1H3. The molecule has 1 saturated heterocycles. The number of hydrogen-bond acceptors (Lipinski definition) is 5. The molecule has 2 aliphatic heterocycles. The summed E-state index contributed by atoms with van der Waals surface area (Å²) in [6, 6.07) is 9.41. The van der Waals surface area contributed by atoms with Gasteiger partial charge in [-0.15, -0.1) is 10.2 Å². The first kappa shape index (κ1) is 15.6. The quantitative estimate of drug-likeness (QED) is 0.923. The molecule has 0 spiro atoms. The largest absolute Gasteiger partial charge is 0.378 e. The lowest BCUT2D eigenvalue weighted by Crippen LogP contribution is -2.37. The van der Waals surface area contributed by atoms with Crippen LogP contribution in [0.4, 0.5) is 5.69 Å². The Balaban J connectivity index is 1.32. The van der Waals surface area contributed by atoms with Crippen molar-refractivity contribution in [1.82, 2.24) is 20.1 Å². The molecule has 0 aliphatic carbocycles. The highest BCUT2D eigenvalue weighted by atomic mass is 16.5. The number of hydrogen-bond donors (Lipinski definition) is 1. The zero-order valence-corrected chi connectivity index (χ0v) is 14.2. The molecule has 3 heterocycles. The molecule has 1 aromatic heterocycles. The molecule has 1 unspecified atom stereocenters. The SMILES string of the molecule is Cc1nnc2n1CC(NCc1ccc(N3CCOCC3)cc1)CC2. The summed E-state index contributed by atoms with van der Waals surface area (Å²) >= 11 is 0. The highest BCUT2D eigenvalue weighted by molar-refractivity contribution is 5.47. The fourth-order valence-electron chi connectivity index (χ4n) is 3.54. The Morgan fingerprint density at radius 1 is 1.17 bits per heavy atom. The number of nitrogens with zero attached hydrogens (tertiary/aromatic N) is 4. The van der Waals surface area contributed by atoms with Crippen LogP contribution in [0.15, 0.2) is 24.3 Å². The molecule has 6 heteroatoms. The second kappa shape index (κ2) is 6.91. The topological polar surface area (TPSA) is 55.2 Å². The molecule has 6 nitrogen and oxygen atoms in total. The van der Waals surface area contributed by atoms with Gasteiger partial charge in [0, 0.05) is 44.3 Å². The lowest BCUT2D eigenvalue weighted by Gasteiger charge is -2.29. The van der Waals surface area contributed by atoms with Gasteiger partial charge in [-0.2, -0.15) is 0 Å². The number of rotatable bonds is 4. The van der Waals surface area contributed by atoms with Crippen molar-refractivity contribution in [2.24, 2.45) is 0 Å². The van der Waals surface area contributed by atoms with Gasteiger partial charge in [0.25, 0.3) is 0 Å². The molecule has 1 fully saturated rings. The third kappa shape index (κ3) is 3.30. The van der Waals surface area contributed by atoms with Crippen molar-refractivity contribution in [3.63, 3.8) is 0 Å². The molecule has 0 radical (unpaired) electrons. The zero-order chi connectivity index (χ0) is 16.4. The number of aryl methyl sites for hydroxylation is 2. The van der Waals surface area contributed by atoms with Crippen LogP contribution in [0.25, 0.3) is 0 Å². The number of ether oxygens (including phenoxy) is 1. The van der Waals surface area contributed by atoms with Gasteiger partial charge in [0.1, 0.15) is 11.6 Å². The molecule has 128 valence electrons. The van der Waals surface area contributed by atoms with Gasteiger partial charge in [-0.1, -0.05) is 12.1 Å². The average molecular weight is 327 g/mol. The number of benzene rings is 1. The third-order valence-electron chi connectivity index (χ3n) is 5.04. The molecule has 24 heavy (non-hydrogen) atoms. The second-order valence-corrected chi connectivity index (χ2v) is 6.66. The number of anilines is 1. The predicted molar refractivity (Wildman–Crippen MR) is 93.2 cm³/mol. The minimum Gasteiger partial charge on any atom is -0.378 e. The monoisotopic (exact) mass is 327 g/mol. The molecule has 1 N–H and O–H groups in total. The summed E-state index contributed by atoms with van der Waals surface area (Å²) in [6.45, 7) is 7.54. The Kier molecular flexibility index (Phi) is 4.49. The molecule has 1 aromatic carbocycles. The number of morpholine rings is 1. The smallest absolute Gasteiger partial charge is 0.133 e. The van der Waals surface area contributed by atoms with E-state index in [-0.39, 0.29) is 0 Å². The van der Waals surface area contributed by atoms with Crippen LogP contribution in [0.1, 0.15) is 23.6 Å². The predicted octanol–water partition coefficient (Wildman–Crippen LogP) is 1.53. The van der Waals surface area contributed by atoms with Crippen molar-refractivity contribution in [3.8, 4) is 0 Å². The van der Waals surface area contributed by atoms with E-state index in [0.29, 0.717) is 6.04 Å². The maximum Gasteiger partial charge on any atom is 0.133 e. The number of nitrogens with one attached hydrogen (secondary N) is 1. The summed E-state index contributed by atoms with van der Waals surface area (Å²) in [7, 11) is 0. The third-order valence-corrected chi connectivity index (χ3v) is 5.04. The van der Waals surface area contributed by atoms with E-state index >= 15 is 0 Å². The molecular weight excluding hydrogens is 302 g/mol. The minimum absolute atomic E-state index is 0.492. The number of fused-ring (bicyclic) bond motifs is 1. The van der Waals surface area contributed by atoms with Gasteiger partial charge in [-0.25, -0.2) is 0 Å². The molecular formula is C18H25N5O. The highest BCUT2D eigenvalue weighted by Crippen LogP contribution is 2.18. The molecule has 1 atom stereocenters. The lowest BCUT2D eigenvalue weighted by molar-refractivity contribution is 0.122. The maximum atomic E-state index is 5.42. The highest BCUT2D eigenvalue weighted by Gasteiger charge is 2.21. The van der Waals surface area contributed by atoms with Crippen molar-refractivity contribution in [2.75, 3.05) is 31.2 Å². The molecule has 0 bridgehead atoms. The fraction of sp³-hybridized carbons (Fsp3) is 0.556. The van der Waals surface area contributed by atoms with Crippen LogP contribution in [0.5, 0.6) is 0 Å². The van der Waals surface area contributed by atoms with Gasteiger partial charge in [-0.05, 0) is 31.0 Å². The van der Waals surface area contributed by atoms with Crippen molar-refractivity contribution in [3.05, 3.63) is 41.5 Å². The first-order chi connectivity index (χ1) is 11.8. The normalized spacial score (nSPS) is 20.9. The fourth-order valence-corrected chi connectivity index (χ4v) is 3.54. The van der Waals surface area contributed by atoms with Crippen LogP contribution in [-0.4, -0.2) is 47.1 Å². The van der Waals surface area contributed by atoms with Gasteiger partial charge < -0.3 is 19.5 Å². The summed E-state index contributed by atoms with van der Waals surface area (Å²) in [5.74, 6) is 2.15. The van der Waals surface area contributed by atoms with E-state index in [4.69, 9.17) is 4.74 Å². The van der Waals surface area contributed by atoms with Crippen molar-refractivity contribution in [1.29, 1.82) is 0 Å². The summed E-state index contributed by atoms with van der Waals surface area (Å²) in [5.41, 5.74) is 2.63. The number of aromatic nitrogens is 3.